The van der Waals surface area contributed by atoms with Crippen LogP contribution in [0.2, 0.25) is 15.1 Å². The number of amides is 2. The normalized spacial score (nSPS) is 12.9. The average molecular weight is 639 g/mol. The lowest BCUT2D eigenvalue weighted by molar-refractivity contribution is -0.140. The van der Waals surface area contributed by atoms with Crippen molar-refractivity contribution in [3.8, 4) is 0 Å². The Morgan fingerprint density at radius 1 is 0.878 bits per heavy atom. The van der Waals surface area contributed by atoms with Crippen molar-refractivity contribution >= 4 is 62.3 Å². The highest BCUT2D eigenvalue weighted by molar-refractivity contribution is 7.92. The van der Waals surface area contributed by atoms with Gasteiger partial charge in [-0.2, -0.15) is 0 Å². The number of anilines is 1. The molecule has 0 bridgehead atoms. The number of nitrogens with zero attached hydrogens (tertiary/aromatic N) is 2. The lowest BCUT2D eigenvalue weighted by atomic mass is 10.1. The predicted molar refractivity (Wildman–Crippen MR) is 166 cm³/mol. The number of nitrogens with one attached hydrogen (secondary N) is 1. The van der Waals surface area contributed by atoms with Crippen LogP contribution in [0.5, 0.6) is 0 Å². The highest BCUT2D eigenvalue weighted by Gasteiger charge is 2.34. The SMILES string of the molecule is CC[C@H](C(=O)N[C@@H](C)CC)N(Cc1ccccc1Cl)C(=O)CN(c1ccc(Cl)c(Cl)c1)S(=O)(=O)c1ccc(C)cc1. The molecule has 0 aromatic heterocycles. The second-order valence-corrected chi connectivity index (χ2v) is 12.9. The van der Waals surface area contributed by atoms with Crippen molar-refractivity contribution in [1.82, 2.24) is 10.2 Å². The first-order valence-corrected chi connectivity index (χ1v) is 15.8. The maximum atomic E-state index is 14.1. The Labute approximate surface area is 257 Å². The summed E-state index contributed by atoms with van der Waals surface area (Å²) in [5.41, 5.74) is 1.66. The number of carbonyl (C=O) groups excluding carboxylic acids is 2. The summed E-state index contributed by atoms with van der Waals surface area (Å²) in [6.07, 6.45) is 1.01. The third-order valence-corrected chi connectivity index (χ3v) is 9.66. The molecular weight excluding hydrogens is 605 g/mol. The van der Waals surface area contributed by atoms with Crippen molar-refractivity contribution in [3.63, 3.8) is 0 Å². The highest BCUT2D eigenvalue weighted by Crippen LogP contribution is 2.31. The van der Waals surface area contributed by atoms with E-state index in [1.807, 2.05) is 20.8 Å². The van der Waals surface area contributed by atoms with Gasteiger partial charge in [-0.1, -0.05) is 84.5 Å². The number of hydrogen-bond donors (Lipinski definition) is 1. The molecule has 3 aromatic rings. The van der Waals surface area contributed by atoms with E-state index >= 15 is 0 Å². The second kappa shape index (κ2) is 14.4. The first-order valence-electron chi connectivity index (χ1n) is 13.3. The summed E-state index contributed by atoms with van der Waals surface area (Å²) >= 11 is 18.8. The van der Waals surface area contributed by atoms with Crippen LogP contribution in [0.4, 0.5) is 5.69 Å². The summed E-state index contributed by atoms with van der Waals surface area (Å²) in [6.45, 7) is 6.89. The standard InChI is InChI=1S/C30H34Cl3N3O4S/c1-5-21(4)34-30(38)28(6-2)35(18-22-9-7-8-10-25(22)31)29(37)19-36(23-13-16-26(32)27(33)17-23)41(39,40)24-14-11-20(3)12-15-24/h7-17,21,28H,5-6,18-19H2,1-4H3,(H,34,38)/t21-,28+/m0/s1. The van der Waals surface area contributed by atoms with Gasteiger partial charge >= 0.3 is 0 Å². The molecule has 0 saturated carbocycles. The van der Waals surface area contributed by atoms with Gasteiger partial charge < -0.3 is 10.2 Å². The molecular formula is C30H34Cl3N3O4S. The summed E-state index contributed by atoms with van der Waals surface area (Å²) in [5, 5.41) is 3.74. The van der Waals surface area contributed by atoms with E-state index in [4.69, 9.17) is 34.8 Å². The van der Waals surface area contributed by atoms with Crippen LogP contribution in [0.25, 0.3) is 0 Å². The van der Waals surface area contributed by atoms with E-state index in [9.17, 15) is 18.0 Å². The first kappa shape index (κ1) is 32.7. The third-order valence-electron chi connectivity index (χ3n) is 6.76. The zero-order chi connectivity index (χ0) is 30.3. The molecule has 0 aliphatic heterocycles. The smallest absolute Gasteiger partial charge is 0.264 e. The third kappa shape index (κ3) is 8.16. The number of sulfonamides is 1. The number of halogens is 3. The molecule has 0 unspecified atom stereocenters. The summed E-state index contributed by atoms with van der Waals surface area (Å²) in [6, 6.07) is 16.7. The first-order chi connectivity index (χ1) is 19.4. The van der Waals surface area contributed by atoms with E-state index in [-0.39, 0.29) is 39.1 Å². The van der Waals surface area contributed by atoms with Gasteiger partial charge in [-0.3, -0.25) is 13.9 Å². The van der Waals surface area contributed by atoms with Crippen LogP contribution >= 0.6 is 34.8 Å². The number of benzene rings is 3. The molecule has 0 heterocycles. The molecule has 220 valence electrons. The fraction of sp³-hybridized carbons (Fsp3) is 0.333. The van der Waals surface area contributed by atoms with E-state index < -0.39 is 28.5 Å². The fourth-order valence-electron chi connectivity index (χ4n) is 4.18. The lowest BCUT2D eigenvalue weighted by Crippen LogP contribution is -2.53. The molecule has 3 rings (SSSR count). The molecule has 0 radical (unpaired) electrons. The van der Waals surface area contributed by atoms with Crippen LogP contribution in [0, 0.1) is 6.92 Å². The van der Waals surface area contributed by atoms with Crippen LogP contribution < -0.4 is 9.62 Å². The van der Waals surface area contributed by atoms with Gasteiger partial charge in [-0.15, -0.1) is 0 Å². The highest BCUT2D eigenvalue weighted by atomic mass is 35.5. The maximum absolute atomic E-state index is 14.1. The van der Waals surface area contributed by atoms with Gasteiger partial charge in [0.2, 0.25) is 11.8 Å². The second-order valence-electron chi connectivity index (χ2n) is 9.78. The molecule has 2 amide bonds. The number of carbonyl (C=O) groups is 2. The van der Waals surface area contributed by atoms with E-state index in [0.29, 0.717) is 23.4 Å². The van der Waals surface area contributed by atoms with Gasteiger partial charge in [-0.25, -0.2) is 8.42 Å². The molecule has 7 nitrogen and oxygen atoms in total. The minimum atomic E-state index is -4.23. The molecule has 0 fully saturated rings. The van der Waals surface area contributed by atoms with Crippen LogP contribution in [-0.2, 0) is 26.2 Å². The summed E-state index contributed by atoms with van der Waals surface area (Å²) < 4.78 is 28.9. The number of hydrogen-bond acceptors (Lipinski definition) is 4. The molecule has 2 atom stereocenters. The molecule has 11 heteroatoms. The van der Waals surface area contributed by atoms with Crippen molar-refractivity contribution in [2.75, 3.05) is 10.8 Å². The van der Waals surface area contributed by atoms with E-state index in [0.717, 1.165) is 9.87 Å². The number of rotatable bonds is 12. The van der Waals surface area contributed by atoms with E-state index in [2.05, 4.69) is 5.32 Å². The van der Waals surface area contributed by atoms with E-state index in [1.165, 1.54) is 35.2 Å². The zero-order valence-corrected chi connectivity index (χ0v) is 26.5. The largest absolute Gasteiger partial charge is 0.352 e. The summed E-state index contributed by atoms with van der Waals surface area (Å²) in [5.74, 6) is -0.914. The number of aryl methyl sites for hydroxylation is 1. The Balaban J connectivity index is 2.10. The monoisotopic (exact) mass is 637 g/mol. The van der Waals surface area contributed by atoms with Gasteiger partial charge in [0.15, 0.2) is 0 Å². The predicted octanol–water partition coefficient (Wildman–Crippen LogP) is 6.87. The van der Waals surface area contributed by atoms with Crippen molar-refractivity contribution in [2.45, 2.75) is 64.1 Å². The molecule has 0 aliphatic rings. The molecule has 41 heavy (non-hydrogen) atoms. The van der Waals surface area contributed by atoms with Gasteiger partial charge in [0, 0.05) is 17.6 Å². The maximum Gasteiger partial charge on any atom is 0.264 e. The van der Waals surface area contributed by atoms with Crippen LogP contribution in [-0.4, -0.2) is 43.8 Å². The Morgan fingerprint density at radius 3 is 2.12 bits per heavy atom. The van der Waals surface area contributed by atoms with Crippen molar-refractivity contribution < 1.29 is 18.0 Å². The fourth-order valence-corrected chi connectivity index (χ4v) is 6.07. The summed E-state index contributed by atoms with van der Waals surface area (Å²) in [7, 11) is -4.23. The quantitative estimate of drug-likeness (QED) is 0.235. The van der Waals surface area contributed by atoms with Crippen molar-refractivity contribution in [3.05, 3.63) is 92.9 Å². The van der Waals surface area contributed by atoms with Gasteiger partial charge in [0.05, 0.1) is 20.6 Å². The molecule has 0 aliphatic carbocycles. The van der Waals surface area contributed by atoms with Crippen molar-refractivity contribution in [2.24, 2.45) is 0 Å². The van der Waals surface area contributed by atoms with Gasteiger partial charge in [0.25, 0.3) is 10.0 Å². The average Bonchev–Trinajstić information content (AvgIpc) is 2.94. The molecule has 1 N–H and O–H groups in total. The zero-order valence-electron chi connectivity index (χ0n) is 23.4. The topological polar surface area (TPSA) is 86.8 Å². The Morgan fingerprint density at radius 2 is 1.54 bits per heavy atom. The Bertz CT molecular complexity index is 1480. The van der Waals surface area contributed by atoms with Gasteiger partial charge in [-0.05, 0) is 68.7 Å². The van der Waals surface area contributed by atoms with Crippen molar-refractivity contribution in [1.29, 1.82) is 0 Å². The minimum absolute atomic E-state index is 0.00109. The minimum Gasteiger partial charge on any atom is -0.352 e. The van der Waals surface area contributed by atoms with Crippen LogP contribution in [0.15, 0.2) is 71.6 Å². The molecule has 3 aromatic carbocycles. The Hall–Kier alpha value is -2.78. The van der Waals surface area contributed by atoms with E-state index in [1.54, 1.807) is 43.3 Å². The van der Waals surface area contributed by atoms with Crippen LogP contribution in [0.3, 0.4) is 0 Å². The van der Waals surface area contributed by atoms with Gasteiger partial charge in [0.1, 0.15) is 12.6 Å². The summed E-state index contributed by atoms with van der Waals surface area (Å²) in [4.78, 5) is 28.9. The van der Waals surface area contributed by atoms with Crippen LogP contribution in [0.1, 0.15) is 44.7 Å². The lowest BCUT2D eigenvalue weighted by Gasteiger charge is -2.34. The molecule has 0 saturated heterocycles. The Kier molecular flexibility index (Phi) is 11.5. The molecule has 0 spiro atoms.